The van der Waals surface area contributed by atoms with Crippen LogP contribution in [0, 0.1) is 11.3 Å². The molecule has 4 rings (SSSR count). The van der Waals surface area contributed by atoms with Crippen LogP contribution in [-0.2, 0) is 18.3 Å². The summed E-state index contributed by atoms with van der Waals surface area (Å²) in [6.07, 6.45) is -4.05. The molecule has 0 aromatic carbocycles. The lowest BCUT2D eigenvalue weighted by molar-refractivity contribution is -0.138. The highest BCUT2D eigenvalue weighted by Gasteiger charge is 2.36. The maximum Gasteiger partial charge on any atom is 0.417 e. The maximum atomic E-state index is 13.6. The van der Waals surface area contributed by atoms with Gasteiger partial charge in [0.25, 0.3) is 5.56 Å². The highest BCUT2D eigenvalue weighted by molar-refractivity contribution is 7.98. The molecule has 4 aromatic heterocycles. The predicted molar refractivity (Wildman–Crippen MR) is 113 cm³/mol. The molecular formula is C19H12F3N5OS3. The summed E-state index contributed by atoms with van der Waals surface area (Å²) in [6, 6.07) is 7.21. The zero-order valence-electron chi connectivity index (χ0n) is 15.8. The Morgan fingerprint density at radius 2 is 2.10 bits per heavy atom. The molecule has 0 bridgehead atoms. The number of aromatic nitrogens is 4. The first-order chi connectivity index (χ1) is 14.8. The summed E-state index contributed by atoms with van der Waals surface area (Å²) in [7, 11) is 0. The average molecular weight is 480 g/mol. The molecule has 0 fully saturated rings. The van der Waals surface area contributed by atoms with E-state index in [2.05, 4.69) is 15.1 Å². The van der Waals surface area contributed by atoms with Crippen molar-refractivity contribution in [3.63, 3.8) is 0 Å². The molecule has 12 heteroatoms. The number of nitriles is 1. The third-order valence-corrected chi connectivity index (χ3v) is 7.13. The van der Waals surface area contributed by atoms with Gasteiger partial charge >= 0.3 is 6.18 Å². The molecule has 0 radical (unpaired) electrons. The van der Waals surface area contributed by atoms with Gasteiger partial charge in [0.15, 0.2) is 0 Å². The Morgan fingerprint density at radius 3 is 2.74 bits per heavy atom. The fraction of sp³-hybridized carbons (Fsp3) is 0.211. The van der Waals surface area contributed by atoms with Crippen LogP contribution in [0.25, 0.3) is 15.5 Å². The summed E-state index contributed by atoms with van der Waals surface area (Å²) < 4.78 is 42.1. The van der Waals surface area contributed by atoms with Crippen LogP contribution in [0.1, 0.15) is 28.8 Å². The number of rotatable bonds is 5. The van der Waals surface area contributed by atoms with Crippen LogP contribution in [-0.4, -0.2) is 19.6 Å². The number of hydrogen-bond donors (Lipinski definition) is 0. The van der Waals surface area contributed by atoms with E-state index < -0.39 is 17.3 Å². The molecule has 0 aliphatic heterocycles. The summed E-state index contributed by atoms with van der Waals surface area (Å²) in [5.41, 5.74) is -1.42. The molecular weight excluding hydrogens is 467 g/mol. The van der Waals surface area contributed by atoms with Crippen molar-refractivity contribution < 1.29 is 13.2 Å². The van der Waals surface area contributed by atoms with Crippen molar-refractivity contribution in [2.24, 2.45) is 0 Å². The lowest BCUT2D eigenvalue weighted by Gasteiger charge is -2.13. The summed E-state index contributed by atoms with van der Waals surface area (Å²) in [5, 5.41) is 16.0. The summed E-state index contributed by atoms with van der Waals surface area (Å²) in [6.45, 7) is 1.91. The van der Waals surface area contributed by atoms with Gasteiger partial charge in [-0.25, -0.2) is 9.97 Å². The fourth-order valence-electron chi connectivity index (χ4n) is 2.76. The number of hydrogen-bond acceptors (Lipinski definition) is 8. The molecule has 0 spiro atoms. The predicted octanol–water partition coefficient (Wildman–Crippen LogP) is 5.02. The number of nitrogens with zero attached hydrogens (tertiary/aromatic N) is 5. The van der Waals surface area contributed by atoms with Crippen LogP contribution < -0.4 is 5.56 Å². The van der Waals surface area contributed by atoms with E-state index in [9.17, 15) is 23.2 Å². The number of pyridine rings is 1. The third-order valence-electron chi connectivity index (χ3n) is 4.18. The molecule has 0 atom stereocenters. The topological polar surface area (TPSA) is 83.9 Å². The van der Waals surface area contributed by atoms with Crippen molar-refractivity contribution in [3.05, 3.63) is 61.8 Å². The van der Waals surface area contributed by atoms with Crippen molar-refractivity contribution in [2.45, 2.75) is 30.3 Å². The molecule has 4 heterocycles. The number of aryl methyl sites for hydroxylation is 1. The second-order valence-electron chi connectivity index (χ2n) is 6.24. The summed E-state index contributed by atoms with van der Waals surface area (Å²) in [4.78, 5) is 22.0. The highest BCUT2D eigenvalue weighted by Crippen LogP contribution is 2.39. The summed E-state index contributed by atoms with van der Waals surface area (Å²) in [5.74, 6) is 0.0813. The molecule has 0 aliphatic carbocycles. The highest BCUT2D eigenvalue weighted by atomic mass is 32.2. The van der Waals surface area contributed by atoms with E-state index >= 15 is 0 Å². The molecule has 0 saturated heterocycles. The van der Waals surface area contributed by atoms with Gasteiger partial charge in [-0.3, -0.25) is 4.79 Å². The van der Waals surface area contributed by atoms with Crippen LogP contribution in [0.2, 0.25) is 0 Å². The van der Waals surface area contributed by atoms with Gasteiger partial charge in [-0.05, 0) is 23.9 Å². The third kappa shape index (κ3) is 4.34. The quantitative estimate of drug-likeness (QED) is 0.374. The van der Waals surface area contributed by atoms with Gasteiger partial charge in [-0.15, -0.1) is 11.3 Å². The maximum absolute atomic E-state index is 13.6. The Labute approximate surface area is 186 Å². The van der Waals surface area contributed by atoms with Gasteiger partial charge in [-0.2, -0.15) is 28.0 Å². The minimum atomic E-state index is -4.70. The van der Waals surface area contributed by atoms with Gasteiger partial charge in [0.1, 0.15) is 16.1 Å². The molecule has 0 saturated carbocycles. The second-order valence-corrected chi connectivity index (χ2v) is 9.19. The van der Waals surface area contributed by atoms with E-state index in [1.54, 1.807) is 23.6 Å². The zero-order chi connectivity index (χ0) is 22.2. The Morgan fingerprint density at radius 1 is 1.29 bits per heavy atom. The first-order valence-corrected chi connectivity index (χ1v) is 11.6. The van der Waals surface area contributed by atoms with Gasteiger partial charge < -0.3 is 0 Å². The molecule has 6 nitrogen and oxygen atoms in total. The Balaban J connectivity index is 1.74. The van der Waals surface area contributed by atoms with E-state index in [1.807, 2.05) is 6.92 Å². The first kappa shape index (κ1) is 21.5. The van der Waals surface area contributed by atoms with E-state index in [-0.39, 0.29) is 22.0 Å². The molecule has 0 amide bonds. The van der Waals surface area contributed by atoms with E-state index in [0.29, 0.717) is 22.0 Å². The van der Waals surface area contributed by atoms with Gasteiger partial charge in [0.2, 0.25) is 4.96 Å². The lowest BCUT2D eigenvalue weighted by Crippen LogP contribution is -2.15. The Hall–Kier alpha value is -2.75. The standard InChI is InChI=1S/C19H12F3N5OS3/c1-2-15-26-27-16(28)6-10(24-18(27)31-15)9-30-17-11(8-23)12(19(20,21)22)7-13(25-17)14-4-3-5-29-14/h3-7H,2,9H2,1H3. The fourth-order valence-corrected chi connectivity index (χ4v) is 5.20. The lowest BCUT2D eigenvalue weighted by atomic mass is 10.1. The number of fused-ring (bicyclic) bond motifs is 1. The van der Waals surface area contributed by atoms with Gasteiger partial charge in [0.05, 0.1) is 27.4 Å². The number of thiophene rings is 1. The van der Waals surface area contributed by atoms with Crippen molar-refractivity contribution in [2.75, 3.05) is 0 Å². The largest absolute Gasteiger partial charge is 0.417 e. The van der Waals surface area contributed by atoms with Crippen molar-refractivity contribution in [3.8, 4) is 16.6 Å². The number of thioether (sulfide) groups is 1. The summed E-state index contributed by atoms with van der Waals surface area (Å²) >= 11 is 3.47. The minimum Gasteiger partial charge on any atom is -0.267 e. The van der Waals surface area contributed by atoms with Crippen molar-refractivity contribution in [1.29, 1.82) is 5.26 Å². The number of alkyl halides is 3. The van der Waals surface area contributed by atoms with Crippen molar-refractivity contribution in [1.82, 2.24) is 19.6 Å². The van der Waals surface area contributed by atoms with Crippen LogP contribution >= 0.6 is 34.4 Å². The monoisotopic (exact) mass is 479 g/mol. The molecule has 0 N–H and O–H groups in total. The SMILES string of the molecule is CCc1nn2c(=O)cc(CSc3nc(-c4cccs4)cc(C(F)(F)F)c3C#N)nc2s1. The van der Waals surface area contributed by atoms with Crippen molar-refractivity contribution >= 4 is 39.4 Å². The Bertz CT molecular complexity index is 1350. The second kappa shape index (κ2) is 8.41. The molecule has 31 heavy (non-hydrogen) atoms. The van der Waals surface area contributed by atoms with E-state index in [4.69, 9.17) is 0 Å². The minimum absolute atomic E-state index is 0.0544. The normalized spacial score (nSPS) is 11.7. The van der Waals surface area contributed by atoms with Crippen LogP contribution in [0.3, 0.4) is 0 Å². The Kier molecular flexibility index (Phi) is 5.83. The smallest absolute Gasteiger partial charge is 0.267 e. The first-order valence-electron chi connectivity index (χ1n) is 8.88. The molecule has 0 unspecified atom stereocenters. The van der Waals surface area contributed by atoms with Gasteiger partial charge in [-0.1, -0.05) is 36.1 Å². The van der Waals surface area contributed by atoms with E-state index in [0.717, 1.165) is 22.8 Å². The van der Waals surface area contributed by atoms with Crippen LogP contribution in [0.5, 0.6) is 0 Å². The average Bonchev–Trinajstić information content (AvgIpc) is 3.40. The number of halogens is 3. The zero-order valence-corrected chi connectivity index (χ0v) is 18.3. The molecule has 158 valence electrons. The molecule has 4 aromatic rings. The van der Waals surface area contributed by atoms with Crippen LogP contribution in [0.15, 0.2) is 39.5 Å². The van der Waals surface area contributed by atoms with E-state index in [1.165, 1.54) is 33.3 Å². The molecule has 0 aliphatic rings. The van der Waals surface area contributed by atoms with Crippen LogP contribution in [0.4, 0.5) is 13.2 Å². The van der Waals surface area contributed by atoms with Gasteiger partial charge in [0, 0.05) is 11.8 Å².